The van der Waals surface area contributed by atoms with Gasteiger partial charge in [-0.15, -0.1) is 0 Å². The second-order valence-electron chi connectivity index (χ2n) is 8.52. The van der Waals surface area contributed by atoms with E-state index in [-0.39, 0.29) is 17.9 Å². The predicted molar refractivity (Wildman–Crippen MR) is 125 cm³/mol. The Kier molecular flexibility index (Phi) is 8.63. The Bertz CT molecular complexity index is 921. The van der Waals surface area contributed by atoms with Crippen LogP contribution < -0.4 is 10.6 Å². The molecule has 0 bridgehead atoms. The minimum absolute atomic E-state index is 0.0609. The number of hydrogen-bond donors (Lipinski definition) is 2. The largest absolute Gasteiger partial charge is 0.444 e. The third kappa shape index (κ3) is 8.42. The van der Waals surface area contributed by atoms with E-state index in [1.54, 1.807) is 45.2 Å². The zero-order chi connectivity index (χ0) is 23.0. The number of carbonyl (C=O) groups excluding carboxylic acids is 2. The Labute approximate surface area is 189 Å². The van der Waals surface area contributed by atoms with Gasteiger partial charge in [0.05, 0.1) is 17.3 Å². The first kappa shape index (κ1) is 24.4. The molecule has 0 saturated heterocycles. The molecule has 166 valence electrons. The van der Waals surface area contributed by atoms with Crippen molar-refractivity contribution in [3.05, 3.63) is 64.7 Å². The van der Waals surface area contributed by atoms with Crippen LogP contribution in [-0.2, 0) is 11.3 Å². The molecule has 2 aromatic rings. The quantitative estimate of drug-likeness (QED) is 0.553. The summed E-state index contributed by atoms with van der Waals surface area (Å²) in [5.74, 6) is -0.195. The lowest BCUT2D eigenvalue weighted by molar-refractivity contribution is 0.0509. The van der Waals surface area contributed by atoms with Crippen molar-refractivity contribution in [3.63, 3.8) is 0 Å². The lowest BCUT2D eigenvalue weighted by Crippen LogP contribution is -2.42. The van der Waals surface area contributed by atoms with Crippen LogP contribution >= 0.6 is 11.6 Å². The van der Waals surface area contributed by atoms with Crippen molar-refractivity contribution in [1.82, 2.24) is 10.6 Å². The average molecular weight is 444 g/mol. The van der Waals surface area contributed by atoms with Gasteiger partial charge in [-0.3, -0.25) is 9.79 Å². The van der Waals surface area contributed by atoms with E-state index in [4.69, 9.17) is 16.3 Å². The summed E-state index contributed by atoms with van der Waals surface area (Å²) in [6.45, 7) is 9.73. The predicted octanol–water partition coefficient (Wildman–Crippen LogP) is 5.52. The van der Waals surface area contributed by atoms with Crippen molar-refractivity contribution in [3.8, 4) is 0 Å². The number of halogens is 1. The highest BCUT2D eigenvalue weighted by molar-refractivity contribution is 6.31. The first-order valence-electron chi connectivity index (χ1n) is 10.2. The standard InChI is InChI=1S/C24H30ClN3O3/c1-16(2)21(28-23(30)31-24(3,4)5)15-26-20-13-18(25)11-12-19(20)22(29)27-14-17-9-7-6-8-10-17/h6-13,15-16,21H,14H2,1-5H3,(H,27,29)(H,28,30)/b26-15+/t21-/m1/s1. The van der Waals surface area contributed by atoms with E-state index in [9.17, 15) is 9.59 Å². The summed E-state index contributed by atoms with van der Waals surface area (Å²) in [4.78, 5) is 29.4. The molecule has 31 heavy (non-hydrogen) atoms. The summed E-state index contributed by atoms with van der Waals surface area (Å²) in [6.07, 6.45) is 1.08. The zero-order valence-electron chi connectivity index (χ0n) is 18.6. The van der Waals surface area contributed by atoms with Gasteiger partial charge in [-0.25, -0.2) is 4.79 Å². The van der Waals surface area contributed by atoms with Gasteiger partial charge < -0.3 is 15.4 Å². The van der Waals surface area contributed by atoms with Gasteiger partial charge in [-0.05, 0) is 50.5 Å². The van der Waals surface area contributed by atoms with E-state index in [1.807, 2.05) is 44.2 Å². The average Bonchev–Trinajstić information content (AvgIpc) is 2.68. The van der Waals surface area contributed by atoms with Gasteiger partial charge in [0.1, 0.15) is 5.60 Å². The molecule has 0 aliphatic heterocycles. The Hall–Kier alpha value is -2.86. The number of ether oxygens (including phenoxy) is 1. The van der Waals surface area contributed by atoms with Gasteiger partial charge in [0.15, 0.2) is 0 Å². The van der Waals surface area contributed by atoms with Gasteiger partial charge in [0, 0.05) is 17.8 Å². The smallest absolute Gasteiger partial charge is 0.408 e. The van der Waals surface area contributed by atoms with Crippen LogP contribution in [0, 0.1) is 5.92 Å². The Morgan fingerprint density at radius 3 is 2.42 bits per heavy atom. The minimum Gasteiger partial charge on any atom is -0.444 e. The number of hydrogen-bond acceptors (Lipinski definition) is 4. The zero-order valence-corrected chi connectivity index (χ0v) is 19.4. The maximum Gasteiger partial charge on any atom is 0.408 e. The topological polar surface area (TPSA) is 79.8 Å². The minimum atomic E-state index is -0.597. The third-order valence-electron chi connectivity index (χ3n) is 4.28. The molecule has 0 radical (unpaired) electrons. The molecule has 0 saturated carbocycles. The Morgan fingerprint density at radius 2 is 1.81 bits per heavy atom. The molecule has 0 fully saturated rings. The Morgan fingerprint density at radius 1 is 1.13 bits per heavy atom. The van der Waals surface area contributed by atoms with Crippen molar-refractivity contribution < 1.29 is 14.3 Å². The molecule has 0 aliphatic rings. The lowest BCUT2D eigenvalue weighted by atomic mass is 10.1. The number of alkyl carbamates (subject to hydrolysis) is 1. The molecule has 2 aromatic carbocycles. The number of nitrogens with one attached hydrogen (secondary N) is 2. The summed E-state index contributed by atoms with van der Waals surface area (Å²) in [5.41, 5.74) is 1.22. The summed E-state index contributed by atoms with van der Waals surface area (Å²) in [5, 5.41) is 6.17. The molecule has 2 rings (SSSR count). The van der Waals surface area contributed by atoms with Crippen LogP contribution in [0.1, 0.15) is 50.5 Å². The van der Waals surface area contributed by atoms with Crippen molar-refractivity contribution >= 4 is 35.5 Å². The molecular weight excluding hydrogens is 414 g/mol. The van der Waals surface area contributed by atoms with Crippen molar-refractivity contribution in [2.75, 3.05) is 0 Å². The monoisotopic (exact) mass is 443 g/mol. The van der Waals surface area contributed by atoms with Crippen molar-refractivity contribution in [1.29, 1.82) is 0 Å². The normalized spacial score (nSPS) is 12.6. The first-order chi connectivity index (χ1) is 14.5. The highest BCUT2D eigenvalue weighted by Crippen LogP contribution is 2.24. The van der Waals surface area contributed by atoms with Gasteiger partial charge >= 0.3 is 6.09 Å². The van der Waals surface area contributed by atoms with Crippen LogP contribution in [0.3, 0.4) is 0 Å². The van der Waals surface area contributed by atoms with Crippen LogP contribution in [0.5, 0.6) is 0 Å². The van der Waals surface area contributed by atoms with E-state index >= 15 is 0 Å². The summed E-state index contributed by atoms with van der Waals surface area (Å²) < 4.78 is 5.33. The number of rotatable bonds is 7. The molecule has 0 spiro atoms. The Balaban J connectivity index is 2.16. The maximum absolute atomic E-state index is 12.7. The van der Waals surface area contributed by atoms with Gasteiger partial charge in [0.25, 0.3) is 5.91 Å². The molecule has 0 aromatic heterocycles. The number of benzene rings is 2. The molecule has 2 N–H and O–H groups in total. The number of nitrogens with zero attached hydrogens (tertiary/aromatic N) is 1. The molecular formula is C24H30ClN3O3. The second-order valence-corrected chi connectivity index (χ2v) is 8.96. The fraction of sp³-hybridized carbons (Fsp3) is 0.375. The molecule has 0 aliphatic carbocycles. The maximum atomic E-state index is 12.7. The highest BCUT2D eigenvalue weighted by Gasteiger charge is 2.20. The molecule has 1 atom stereocenters. The molecule has 2 amide bonds. The van der Waals surface area contributed by atoms with Crippen LogP contribution in [0.25, 0.3) is 0 Å². The van der Waals surface area contributed by atoms with Gasteiger partial charge in [0.2, 0.25) is 0 Å². The number of aliphatic imine (C=N–C) groups is 1. The third-order valence-corrected chi connectivity index (χ3v) is 4.51. The molecule has 7 heteroatoms. The number of amides is 2. The first-order valence-corrected chi connectivity index (χ1v) is 10.6. The van der Waals surface area contributed by atoms with Crippen LogP contribution in [0.2, 0.25) is 5.02 Å². The molecule has 6 nitrogen and oxygen atoms in total. The van der Waals surface area contributed by atoms with E-state index in [0.29, 0.717) is 22.8 Å². The van der Waals surface area contributed by atoms with E-state index in [0.717, 1.165) is 5.56 Å². The van der Waals surface area contributed by atoms with Crippen molar-refractivity contribution in [2.45, 2.75) is 52.8 Å². The molecule has 0 unspecified atom stereocenters. The van der Waals surface area contributed by atoms with Gasteiger partial charge in [-0.1, -0.05) is 55.8 Å². The molecule has 0 heterocycles. The van der Waals surface area contributed by atoms with Crippen LogP contribution in [0.15, 0.2) is 53.5 Å². The van der Waals surface area contributed by atoms with E-state index < -0.39 is 11.7 Å². The second kappa shape index (κ2) is 11.0. The SMILES string of the molecule is CC(C)[C@@H](/C=N/c1cc(Cl)ccc1C(=O)NCc1ccccc1)NC(=O)OC(C)(C)C. The summed E-state index contributed by atoms with van der Waals surface area (Å²) in [7, 11) is 0. The number of carbonyl (C=O) groups is 2. The van der Waals surface area contributed by atoms with Gasteiger partial charge in [-0.2, -0.15) is 0 Å². The van der Waals surface area contributed by atoms with Crippen LogP contribution in [0.4, 0.5) is 10.5 Å². The summed E-state index contributed by atoms with van der Waals surface area (Å²) >= 11 is 6.13. The highest BCUT2D eigenvalue weighted by atomic mass is 35.5. The van der Waals surface area contributed by atoms with E-state index in [1.165, 1.54) is 0 Å². The fourth-order valence-corrected chi connectivity index (χ4v) is 2.82. The fourth-order valence-electron chi connectivity index (χ4n) is 2.66. The summed E-state index contributed by atoms with van der Waals surface area (Å²) in [6, 6.07) is 14.2. The van der Waals surface area contributed by atoms with Crippen molar-refractivity contribution in [2.24, 2.45) is 10.9 Å². The van der Waals surface area contributed by atoms with E-state index in [2.05, 4.69) is 15.6 Å². The lowest BCUT2D eigenvalue weighted by Gasteiger charge is -2.23. The van der Waals surface area contributed by atoms with Crippen LogP contribution in [-0.4, -0.2) is 29.9 Å².